The van der Waals surface area contributed by atoms with Crippen molar-refractivity contribution in [2.45, 2.75) is 62.5 Å². The van der Waals surface area contributed by atoms with Crippen LogP contribution in [0.4, 0.5) is 0 Å². The molecule has 3 heteroatoms. The van der Waals surface area contributed by atoms with E-state index in [1.807, 2.05) is 7.05 Å². The third kappa shape index (κ3) is 3.35. The normalized spacial score (nSPS) is 24.8. The van der Waals surface area contributed by atoms with Gasteiger partial charge in [0.25, 0.3) is 0 Å². The lowest BCUT2D eigenvalue weighted by molar-refractivity contribution is 0.552. The maximum absolute atomic E-state index is 12.1. The van der Waals surface area contributed by atoms with Gasteiger partial charge in [-0.2, -0.15) is 0 Å². The lowest BCUT2D eigenvalue weighted by Gasteiger charge is -2.19. The van der Waals surface area contributed by atoms with E-state index in [0.717, 1.165) is 6.42 Å². The molecule has 1 saturated carbocycles. The monoisotopic (exact) mass is 217 g/mol. The molecular formula is C11H23NOS. The topological polar surface area (TPSA) is 29.1 Å². The molecule has 3 atom stereocenters. The highest BCUT2D eigenvalue weighted by Crippen LogP contribution is 2.25. The Balaban J connectivity index is 2.35. The van der Waals surface area contributed by atoms with Gasteiger partial charge in [0.2, 0.25) is 0 Å². The number of nitrogens with one attached hydrogen (secondary N) is 1. The average Bonchev–Trinajstić information content (AvgIpc) is 2.69. The molecular weight excluding hydrogens is 194 g/mol. The number of rotatable bonds is 5. The zero-order valence-electron chi connectivity index (χ0n) is 9.58. The van der Waals surface area contributed by atoms with Crippen molar-refractivity contribution in [2.75, 3.05) is 7.05 Å². The van der Waals surface area contributed by atoms with Crippen LogP contribution in [0.2, 0.25) is 0 Å². The first kappa shape index (κ1) is 12.2. The number of hydrogen-bond acceptors (Lipinski definition) is 2. The summed E-state index contributed by atoms with van der Waals surface area (Å²) in [6.45, 7) is 4.28. The van der Waals surface area contributed by atoms with Crippen molar-refractivity contribution in [1.82, 2.24) is 5.32 Å². The summed E-state index contributed by atoms with van der Waals surface area (Å²) in [5, 5.41) is 4.05. The van der Waals surface area contributed by atoms with Crippen molar-refractivity contribution in [3.63, 3.8) is 0 Å². The fourth-order valence-corrected chi connectivity index (χ4v) is 4.09. The molecule has 0 amide bonds. The molecule has 0 bridgehead atoms. The SMILES string of the molecule is CNC(C)CC(C)S(=O)C1CCCC1. The van der Waals surface area contributed by atoms with Gasteiger partial charge < -0.3 is 5.32 Å². The third-order valence-corrected chi connectivity index (χ3v) is 5.32. The molecule has 2 nitrogen and oxygen atoms in total. The predicted molar refractivity (Wildman–Crippen MR) is 63.0 cm³/mol. The van der Waals surface area contributed by atoms with Crippen LogP contribution >= 0.6 is 0 Å². The highest BCUT2D eigenvalue weighted by Gasteiger charge is 2.25. The third-order valence-electron chi connectivity index (χ3n) is 3.21. The molecule has 0 heterocycles. The quantitative estimate of drug-likeness (QED) is 0.764. The van der Waals surface area contributed by atoms with Gasteiger partial charge in [-0.25, -0.2) is 0 Å². The summed E-state index contributed by atoms with van der Waals surface area (Å²) in [7, 11) is 1.37. The van der Waals surface area contributed by atoms with Gasteiger partial charge >= 0.3 is 0 Å². The second-order valence-electron chi connectivity index (χ2n) is 4.47. The Morgan fingerprint density at radius 1 is 1.36 bits per heavy atom. The van der Waals surface area contributed by atoms with E-state index in [0.29, 0.717) is 16.5 Å². The van der Waals surface area contributed by atoms with E-state index in [1.165, 1.54) is 25.7 Å². The Morgan fingerprint density at radius 2 is 1.93 bits per heavy atom. The van der Waals surface area contributed by atoms with Crippen LogP contribution in [-0.2, 0) is 10.8 Å². The van der Waals surface area contributed by atoms with Gasteiger partial charge in [0.05, 0.1) is 0 Å². The van der Waals surface area contributed by atoms with Gasteiger partial charge in [0.1, 0.15) is 0 Å². The van der Waals surface area contributed by atoms with Gasteiger partial charge in [-0.05, 0) is 33.2 Å². The van der Waals surface area contributed by atoms with Crippen LogP contribution in [0, 0.1) is 0 Å². The first-order chi connectivity index (χ1) is 6.65. The molecule has 0 radical (unpaired) electrons. The zero-order chi connectivity index (χ0) is 10.6. The van der Waals surface area contributed by atoms with E-state index in [2.05, 4.69) is 19.2 Å². The van der Waals surface area contributed by atoms with Gasteiger partial charge in [-0.1, -0.05) is 19.8 Å². The van der Waals surface area contributed by atoms with Crippen molar-refractivity contribution < 1.29 is 4.21 Å². The second kappa shape index (κ2) is 5.86. The van der Waals surface area contributed by atoms with Crippen molar-refractivity contribution in [3.05, 3.63) is 0 Å². The lowest BCUT2D eigenvalue weighted by atomic mass is 10.2. The Labute approximate surface area is 90.3 Å². The summed E-state index contributed by atoms with van der Waals surface area (Å²) in [4.78, 5) is 0. The van der Waals surface area contributed by atoms with Gasteiger partial charge in [0, 0.05) is 27.3 Å². The van der Waals surface area contributed by atoms with Crippen LogP contribution in [0.25, 0.3) is 0 Å². The highest BCUT2D eigenvalue weighted by atomic mass is 32.2. The van der Waals surface area contributed by atoms with E-state index in [4.69, 9.17) is 0 Å². The molecule has 0 saturated heterocycles. The number of hydrogen-bond donors (Lipinski definition) is 1. The van der Waals surface area contributed by atoms with Crippen molar-refractivity contribution in [2.24, 2.45) is 0 Å². The average molecular weight is 217 g/mol. The fraction of sp³-hybridized carbons (Fsp3) is 1.00. The van der Waals surface area contributed by atoms with Gasteiger partial charge in [0.15, 0.2) is 0 Å². The Hall–Kier alpha value is 0.110. The molecule has 0 aliphatic heterocycles. The largest absolute Gasteiger partial charge is 0.317 e. The highest BCUT2D eigenvalue weighted by molar-refractivity contribution is 7.86. The Bertz CT molecular complexity index is 190. The van der Waals surface area contributed by atoms with E-state index in [1.54, 1.807) is 0 Å². The summed E-state index contributed by atoms with van der Waals surface area (Å²) in [5.74, 6) is 0. The summed E-state index contributed by atoms with van der Waals surface area (Å²) in [6.07, 6.45) is 5.96. The first-order valence-corrected chi connectivity index (χ1v) is 6.99. The first-order valence-electron chi connectivity index (χ1n) is 5.71. The van der Waals surface area contributed by atoms with Crippen molar-refractivity contribution in [1.29, 1.82) is 0 Å². The van der Waals surface area contributed by atoms with Crippen LogP contribution in [0.5, 0.6) is 0 Å². The van der Waals surface area contributed by atoms with Crippen LogP contribution in [-0.4, -0.2) is 27.8 Å². The molecule has 0 aromatic rings. The molecule has 0 spiro atoms. The molecule has 1 N–H and O–H groups in total. The Kier molecular flexibility index (Phi) is 5.10. The minimum Gasteiger partial charge on any atom is -0.317 e. The molecule has 1 rings (SSSR count). The minimum atomic E-state index is -0.602. The summed E-state index contributed by atoms with van der Waals surface area (Å²) < 4.78 is 12.1. The molecule has 0 aromatic heterocycles. The molecule has 1 aliphatic rings. The lowest BCUT2D eigenvalue weighted by Crippen LogP contribution is -2.30. The van der Waals surface area contributed by atoms with Crippen molar-refractivity contribution >= 4 is 10.8 Å². The summed E-state index contributed by atoms with van der Waals surface area (Å²) >= 11 is 0. The van der Waals surface area contributed by atoms with Crippen molar-refractivity contribution in [3.8, 4) is 0 Å². The fourth-order valence-electron chi connectivity index (χ4n) is 2.16. The minimum absolute atomic E-state index is 0.348. The van der Waals surface area contributed by atoms with E-state index in [-0.39, 0.29) is 0 Å². The Morgan fingerprint density at radius 3 is 2.43 bits per heavy atom. The molecule has 1 aliphatic carbocycles. The summed E-state index contributed by atoms with van der Waals surface area (Å²) in [5.41, 5.74) is 0. The standard InChI is InChI=1S/C11H23NOS/c1-9(12-3)8-10(2)14(13)11-6-4-5-7-11/h9-12H,4-8H2,1-3H3. The maximum Gasteiger partial charge on any atom is 0.0350 e. The zero-order valence-corrected chi connectivity index (χ0v) is 10.4. The van der Waals surface area contributed by atoms with E-state index < -0.39 is 10.8 Å². The second-order valence-corrected chi connectivity index (χ2v) is 6.60. The molecule has 14 heavy (non-hydrogen) atoms. The maximum atomic E-state index is 12.1. The van der Waals surface area contributed by atoms with E-state index in [9.17, 15) is 4.21 Å². The van der Waals surface area contributed by atoms with Crippen LogP contribution in [0.3, 0.4) is 0 Å². The predicted octanol–water partition coefficient (Wildman–Crippen LogP) is 2.06. The van der Waals surface area contributed by atoms with E-state index >= 15 is 0 Å². The molecule has 3 unspecified atom stereocenters. The smallest absolute Gasteiger partial charge is 0.0350 e. The molecule has 84 valence electrons. The van der Waals surface area contributed by atoms with Crippen LogP contribution in [0.1, 0.15) is 46.0 Å². The molecule has 1 fully saturated rings. The molecule has 0 aromatic carbocycles. The van der Waals surface area contributed by atoms with Crippen LogP contribution < -0.4 is 5.32 Å². The van der Waals surface area contributed by atoms with Crippen LogP contribution in [0.15, 0.2) is 0 Å². The van der Waals surface area contributed by atoms with Gasteiger partial charge in [-0.15, -0.1) is 0 Å². The summed E-state index contributed by atoms with van der Waals surface area (Å²) in [6, 6.07) is 0.482. The van der Waals surface area contributed by atoms with Gasteiger partial charge in [-0.3, -0.25) is 4.21 Å².